The van der Waals surface area contributed by atoms with Gasteiger partial charge >= 0.3 is 6.09 Å². The van der Waals surface area contributed by atoms with Gasteiger partial charge in [-0.25, -0.2) is 9.78 Å². The molecule has 10 heteroatoms. The smallest absolute Gasteiger partial charge is 0.410 e. The van der Waals surface area contributed by atoms with E-state index in [1.165, 1.54) is 30.8 Å². The van der Waals surface area contributed by atoms with Gasteiger partial charge in [0.15, 0.2) is 5.12 Å². The molecule has 2 heterocycles. The summed E-state index contributed by atoms with van der Waals surface area (Å²) in [4.78, 5) is 43.0. The van der Waals surface area contributed by atoms with E-state index in [4.69, 9.17) is 4.74 Å². The highest BCUT2D eigenvalue weighted by molar-refractivity contribution is 8.14. The Bertz CT molecular complexity index is 824. The van der Waals surface area contributed by atoms with Crippen LogP contribution in [0.25, 0.3) is 0 Å². The first-order chi connectivity index (χ1) is 12.9. The van der Waals surface area contributed by atoms with Crippen molar-refractivity contribution in [2.24, 2.45) is 0 Å². The van der Waals surface area contributed by atoms with Gasteiger partial charge in [0.05, 0.1) is 11.0 Å². The number of likely N-dealkylation sites (tertiary alicyclic amines) is 1. The molecule has 2 atom stereocenters. The largest absolute Gasteiger partial charge is 0.445 e. The zero-order valence-electron chi connectivity index (χ0n) is 14.5. The van der Waals surface area contributed by atoms with Gasteiger partial charge < -0.3 is 9.72 Å². The van der Waals surface area contributed by atoms with Crippen LogP contribution in [0.5, 0.6) is 0 Å². The van der Waals surface area contributed by atoms with E-state index in [0.29, 0.717) is 24.4 Å². The van der Waals surface area contributed by atoms with Crippen molar-refractivity contribution in [3.8, 4) is 0 Å². The Morgan fingerprint density at radius 1 is 1.41 bits per heavy atom. The molecule has 1 N–H and O–H groups in total. The van der Waals surface area contributed by atoms with Crippen LogP contribution in [0, 0.1) is 10.1 Å². The van der Waals surface area contributed by atoms with Crippen molar-refractivity contribution >= 4 is 28.7 Å². The van der Waals surface area contributed by atoms with Crippen LogP contribution in [0.4, 0.5) is 10.5 Å². The Morgan fingerprint density at radius 2 is 2.15 bits per heavy atom. The second-order valence-electron chi connectivity index (χ2n) is 6.09. The number of rotatable bonds is 5. The molecule has 0 spiro atoms. The van der Waals surface area contributed by atoms with Crippen molar-refractivity contribution in [3.05, 3.63) is 58.2 Å². The number of nitro benzene ring substituents is 1. The molecule has 1 saturated heterocycles. The van der Waals surface area contributed by atoms with Gasteiger partial charge in [-0.1, -0.05) is 11.8 Å². The summed E-state index contributed by atoms with van der Waals surface area (Å²) in [6.07, 6.45) is 3.38. The Morgan fingerprint density at radius 3 is 2.74 bits per heavy atom. The number of hydrogen-bond donors (Lipinski definition) is 1. The van der Waals surface area contributed by atoms with Gasteiger partial charge in [-0.2, -0.15) is 0 Å². The summed E-state index contributed by atoms with van der Waals surface area (Å²) < 4.78 is 5.38. The molecule has 1 fully saturated rings. The number of imidazole rings is 1. The van der Waals surface area contributed by atoms with E-state index in [-0.39, 0.29) is 28.7 Å². The number of aromatic nitrogens is 2. The molecule has 1 aromatic heterocycles. The van der Waals surface area contributed by atoms with Crippen LogP contribution in [0.15, 0.2) is 36.7 Å². The molecule has 0 saturated carbocycles. The van der Waals surface area contributed by atoms with Crippen LogP contribution in [-0.4, -0.2) is 42.8 Å². The monoisotopic (exact) mass is 390 g/mol. The number of carbonyl (C=O) groups is 2. The minimum absolute atomic E-state index is 0.000655. The number of nitro groups is 1. The lowest BCUT2D eigenvalue weighted by atomic mass is 10.2. The van der Waals surface area contributed by atoms with Gasteiger partial charge in [-0.05, 0) is 24.1 Å². The van der Waals surface area contributed by atoms with Crippen molar-refractivity contribution in [1.29, 1.82) is 0 Å². The maximum absolute atomic E-state index is 12.6. The lowest BCUT2D eigenvalue weighted by molar-refractivity contribution is -0.384. The van der Waals surface area contributed by atoms with Crippen molar-refractivity contribution in [2.45, 2.75) is 31.2 Å². The summed E-state index contributed by atoms with van der Waals surface area (Å²) in [5.74, 6) is 0.647. The summed E-state index contributed by atoms with van der Waals surface area (Å²) in [7, 11) is 0. The van der Waals surface area contributed by atoms with Crippen molar-refractivity contribution in [2.75, 3.05) is 6.54 Å². The number of hydrogen-bond acceptors (Lipinski definition) is 7. The Hall–Kier alpha value is -2.88. The summed E-state index contributed by atoms with van der Waals surface area (Å²) in [5.41, 5.74) is 0.629. The number of ether oxygens (including phenoxy) is 1. The zero-order chi connectivity index (χ0) is 19.4. The molecular weight excluding hydrogens is 372 g/mol. The normalized spacial score (nSPS) is 19.1. The SMILES string of the molecule is CC(=O)S[C@H]1C[C@@H](c2ncc[nH]2)N(C(=O)OCc2ccc([N+](=O)[O-])cc2)C1. The number of amides is 1. The molecule has 9 nitrogen and oxygen atoms in total. The molecular formula is C17H18N4O5S. The van der Waals surface area contributed by atoms with Crippen LogP contribution in [0.3, 0.4) is 0 Å². The number of nitrogens with one attached hydrogen (secondary N) is 1. The summed E-state index contributed by atoms with van der Waals surface area (Å²) in [6.45, 7) is 1.89. The summed E-state index contributed by atoms with van der Waals surface area (Å²) in [5, 5.41) is 10.7. The average molecular weight is 390 g/mol. The quantitative estimate of drug-likeness (QED) is 0.615. The third-order valence-electron chi connectivity index (χ3n) is 4.17. The second-order valence-corrected chi connectivity index (χ2v) is 7.57. The van der Waals surface area contributed by atoms with Gasteiger partial charge in [-0.15, -0.1) is 0 Å². The number of benzene rings is 1. The molecule has 0 unspecified atom stereocenters. The van der Waals surface area contributed by atoms with Gasteiger partial charge in [-0.3, -0.25) is 19.8 Å². The fourth-order valence-corrected chi connectivity index (χ4v) is 3.96. The fraction of sp³-hybridized carbons (Fsp3) is 0.353. The first kappa shape index (κ1) is 18.9. The third-order valence-corrected chi connectivity index (χ3v) is 5.18. The minimum atomic E-state index is -0.513. The highest BCUT2D eigenvalue weighted by Gasteiger charge is 2.39. The summed E-state index contributed by atoms with van der Waals surface area (Å²) in [6, 6.07) is 5.54. The number of nitrogens with zero attached hydrogens (tertiary/aromatic N) is 3. The second kappa shape index (κ2) is 8.21. The Labute approximate surface area is 159 Å². The van der Waals surface area contributed by atoms with Crippen LogP contribution < -0.4 is 0 Å². The molecule has 0 bridgehead atoms. The number of non-ortho nitro benzene ring substituents is 1. The number of H-pyrrole nitrogens is 1. The predicted molar refractivity (Wildman–Crippen MR) is 98.0 cm³/mol. The van der Waals surface area contributed by atoms with E-state index >= 15 is 0 Å². The maximum Gasteiger partial charge on any atom is 0.410 e. The highest BCUT2D eigenvalue weighted by atomic mass is 32.2. The Kier molecular flexibility index (Phi) is 5.75. The molecule has 142 valence electrons. The van der Waals surface area contributed by atoms with Crippen molar-refractivity contribution in [1.82, 2.24) is 14.9 Å². The molecule has 0 radical (unpaired) electrons. The molecule has 3 rings (SSSR count). The Balaban J connectivity index is 1.65. The van der Waals surface area contributed by atoms with E-state index in [1.807, 2.05) is 0 Å². The number of carbonyl (C=O) groups excluding carboxylic acids is 2. The van der Waals surface area contributed by atoms with E-state index in [1.54, 1.807) is 29.4 Å². The van der Waals surface area contributed by atoms with Gasteiger partial charge in [0.2, 0.25) is 0 Å². The molecule has 1 aromatic carbocycles. The fourth-order valence-electron chi connectivity index (χ4n) is 2.98. The lowest BCUT2D eigenvalue weighted by Crippen LogP contribution is -2.32. The number of thioether (sulfide) groups is 1. The lowest BCUT2D eigenvalue weighted by Gasteiger charge is -2.22. The van der Waals surface area contributed by atoms with Gasteiger partial charge in [0.25, 0.3) is 5.69 Å². The molecule has 1 amide bonds. The van der Waals surface area contributed by atoms with Crippen LogP contribution in [0.2, 0.25) is 0 Å². The van der Waals surface area contributed by atoms with Crippen molar-refractivity contribution in [3.63, 3.8) is 0 Å². The first-order valence-electron chi connectivity index (χ1n) is 8.27. The standard InChI is InChI=1S/C17H18N4O5S/c1-11(22)27-14-8-15(16-18-6-7-19-16)20(9-14)17(23)26-10-12-2-4-13(5-3-12)21(24)25/h2-7,14-15H,8-10H2,1H3,(H,18,19)/t14-,15-/m0/s1. The van der Waals surface area contributed by atoms with Crippen LogP contribution in [0.1, 0.15) is 30.8 Å². The minimum Gasteiger partial charge on any atom is -0.445 e. The third kappa shape index (κ3) is 4.64. The van der Waals surface area contributed by atoms with Gasteiger partial charge in [0.1, 0.15) is 12.4 Å². The first-order valence-corrected chi connectivity index (χ1v) is 9.15. The molecule has 2 aromatic rings. The molecule has 1 aliphatic heterocycles. The zero-order valence-corrected chi connectivity index (χ0v) is 15.3. The van der Waals surface area contributed by atoms with E-state index in [0.717, 1.165) is 0 Å². The molecule has 0 aliphatic carbocycles. The topological polar surface area (TPSA) is 118 Å². The van der Waals surface area contributed by atoms with Gasteiger partial charge in [0, 0.05) is 43.2 Å². The van der Waals surface area contributed by atoms with E-state index in [2.05, 4.69) is 9.97 Å². The van der Waals surface area contributed by atoms with Crippen molar-refractivity contribution < 1.29 is 19.2 Å². The molecule has 27 heavy (non-hydrogen) atoms. The summed E-state index contributed by atoms with van der Waals surface area (Å²) >= 11 is 1.21. The van der Waals surface area contributed by atoms with Crippen LogP contribution in [-0.2, 0) is 16.1 Å². The maximum atomic E-state index is 12.6. The van der Waals surface area contributed by atoms with E-state index in [9.17, 15) is 19.7 Å². The highest BCUT2D eigenvalue weighted by Crippen LogP contribution is 2.36. The predicted octanol–water partition coefficient (Wildman–Crippen LogP) is 3.05. The van der Waals surface area contributed by atoms with Crippen LogP contribution >= 0.6 is 11.8 Å². The average Bonchev–Trinajstić information content (AvgIpc) is 3.29. The molecule has 1 aliphatic rings. The van der Waals surface area contributed by atoms with E-state index < -0.39 is 11.0 Å². The number of aromatic amines is 1.